The van der Waals surface area contributed by atoms with E-state index in [0.717, 1.165) is 0 Å². The molecular weight excluding hydrogens is 372 g/mol. The Morgan fingerprint density at radius 2 is 1.78 bits per heavy atom. The van der Waals surface area contributed by atoms with Crippen LogP contribution < -0.4 is 0 Å². The van der Waals surface area contributed by atoms with Crippen molar-refractivity contribution in [3.63, 3.8) is 0 Å². The quantitative estimate of drug-likeness (QED) is 0.324. The number of aliphatic hydroxyl groups is 5. The maximum absolute atomic E-state index is 12.8. The van der Waals surface area contributed by atoms with Crippen molar-refractivity contribution in [2.75, 3.05) is 6.61 Å². The second-order valence-corrected chi connectivity index (χ2v) is 10.1. The molecule has 4 aliphatic rings. The summed E-state index contributed by atoms with van der Waals surface area (Å²) in [4.78, 5) is 12.8. The van der Waals surface area contributed by atoms with E-state index in [1.54, 1.807) is 32.9 Å². The molecule has 2 fully saturated rings. The van der Waals surface area contributed by atoms with Crippen molar-refractivity contribution < 1.29 is 30.3 Å². The van der Waals surface area contributed by atoms with Gasteiger partial charge in [0.1, 0.15) is 11.2 Å². The van der Waals surface area contributed by atoms with Gasteiger partial charge in [-0.25, -0.2) is 0 Å². The zero-order valence-electron chi connectivity index (χ0n) is 15.9. The van der Waals surface area contributed by atoms with Gasteiger partial charge in [-0.05, 0) is 18.1 Å². The number of rotatable bonds is 1. The molecule has 4 aliphatic carbocycles. The number of halogens is 1. The zero-order chi connectivity index (χ0) is 20.4. The number of hydrogen-bond acceptors (Lipinski definition) is 6. The van der Waals surface area contributed by atoms with Gasteiger partial charge in [-0.2, -0.15) is 0 Å². The molecule has 27 heavy (non-hydrogen) atoms. The Morgan fingerprint density at radius 3 is 2.33 bits per heavy atom. The highest BCUT2D eigenvalue weighted by atomic mass is 35.5. The van der Waals surface area contributed by atoms with E-state index in [1.165, 1.54) is 6.92 Å². The summed E-state index contributed by atoms with van der Waals surface area (Å²) in [5.74, 6) is -3.85. The van der Waals surface area contributed by atoms with Gasteiger partial charge in [-0.3, -0.25) is 4.79 Å². The van der Waals surface area contributed by atoms with E-state index in [2.05, 4.69) is 0 Å². The molecule has 0 aromatic rings. The van der Waals surface area contributed by atoms with Crippen LogP contribution in [0.5, 0.6) is 0 Å². The minimum Gasteiger partial charge on any atom is -0.392 e. The molecule has 0 aromatic heterocycles. The average Bonchev–Trinajstić information content (AvgIpc) is 2.99. The highest BCUT2D eigenvalue weighted by molar-refractivity contribution is 6.24. The lowest BCUT2D eigenvalue weighted by molar-refractivity contribution is -0.223. The molecule has 0 saturated heterocycles. The Balaban J connectivity index is 1.99. The van der Waals surface area contributed by atoms with Crippen LogP contribution in [-0.4, -0.2) is 59.8 Å². The molecule has 0 amide bonds. The first-order valence-electron chi connectivity index (χ1n) is 9.34. The van der Waals surface area contributed by atoms with Crippen molar-refractivity contribution in [2.45, 2.75) is 56.0 Å². The minimum absolute atomic E-state index is 0.112. The largest absolute Gasteiger partial charge is 0.392 e. The summed E-state index contributed by atoms with van der Waals surface area (Å²) in [5, 5.41) is 53.3. The van der Waals surface area contributed by atoms with E-state index < -0.39 is 56.7 Å². The number of hydrogen-bond donors (Lipinski definition) is 5. The molecule has 0 unspecified atom stereocenters. The second-order valence-electron chi connectivity index (χ2n) is 9.51. The number of carbonyl (C=O) groups is 1. The lowest BCUT2D eigenvalue weighted by atomic mass is 9.59. The molecule has 7 heteroatoms. The van der Waals surface area contributed by atoms with Crippen molar-refractivity contribution in [2.24, 2.45) is 29.1 Å². The number of carbonyl (C=O) groups excluding carboxylic acids is 1. The van der Waals surface area contributed by atoms with E-state index >= 15 is 0 Å². The monoisotopic (exact) mass is 398 g/mol. The number of Topliss-reactive ketones (excluding diaryl/α,β-unsaturated/α-hetero) is 1. The first-order valence-corrected chi connectivity index (χ1v) is 9.72. The van der Waals surface area contributed by atoms with Gasteiger partial charge < -0.3 is 25.5 Å². The lowest BCUT2D eigenvalue weighted by Gasteiger charge is -2.54. The smallest absolute Gasteiger partial charge is 0.190 e. The van der Waals surface area contributed by atoms with E-state index in [9.17, 15) is 30.3 Å². The highest BCUT2D eigenvalue weighted by Gasteiger charge is 2.88. The van der Waals surface area contributed by atoms with Crippen molar-refractivity contribution in [1.82, 2.24) is 0 Å². The third-order valence-corrected chi connectivity index (χ3v) is 8.73. The van der Waals surface area contributed by atoms with E-state index in [4.69, 9.17) is 11.6 Å². The van der Waals surface area contributed by atoms with Crippen LogP contribution in [0.25, 0.3) is 0 Å². The predicted octanol–water partition coefficient (Wildman–Crippen LogP) is 0.497. The van der Waals surface area contributed by atoms with Gasteiger partial charge in [-0.15, -0.1) is 0 Å². The van der Waals surface area contributed by atoms with Gasteiger partial charge in [0, 0.05) is 35.5 Å². The van der Waals surface area contributed by atoms with Crippen molar-refractivity contribution in [1.29, 1.82) is 0 Å². The second kappa shape index (κ2) is 5.04. The van der Waals surface area contributed by atoms with Gasteiger partial charge in [0.25, 0.3) is 0 Å². The molecule has 150 valence electrons. The topological polar surface area (TPSA) is 118 Å². The standard InChI is InChI=1S/C20H27ClO6/c1-9-5-13-17(24,15(9)23)7-11(8-22)6-12-14-16(3,4)19(14,26)20(21,27)10(2)18(12,13)25/h5-6,10,12-14,22,24-27H,7-8H2,1-4H3/t10-,12-,13+,14+,17+,18+,19-,20+/m0/s1. The Bertz CT molecular complexity index is 800. The molecule has 4 rings (SSSR count). The Hall–Kier alpha value is -0.760. The maximum Gasteiger partial charge on any atom is 0.190 e. The molecule has 0 radical (unpaired) electrons. The van der Waals surface area contributed by atoms with Crippen LogP contribution in [0, 0.1) is 29.1 Å². The van der Waals surface area contributed by atoms with Crippen LogP contribution in [0.2, 0.25) is 0 Å². The predicted molar refractivity (Wildman–Crippen MR) is 97.6 cm³/mol. The molecule has 0 spiro atoms. The summed E-state index contributed by atoms with van der Waals surface area (Å²) in [7, 11) is 0. The van der Waals surface area contributed by atoms with E-state index in [-0.39, 0.29) is 13.0 Å². The summed E-state index contributed by atoms with van der Waals surface area (Å²) in [6, 6.07) is 0. The van der Waals surface area contributed by atoms with Gasteiger partial charge in [0.15, 0.2) is 10.8 Å². The fourth-order valence-corrected chi connectivity index (χ4v) is 7.01. The fraction of sp³-hybridized carbons (Fsp3) is 0.750. The number of ketones is 1. The SMILES string of the molecule is CC1=C[C@H]2[C@]3(O)[C@@H](C=C(CO)C[C@]2(O)C1=O)[C@@H]1C(C)(C)[C@]1(O)[C@@](O)(Cl)[C@H]3C. The Morgan fingerprint density at radius 1 is 1.19 bits per heavy atom. The molecule has 6 nitrogen and oxygen atoms in total. The van der Waals surface area contributed by atoms with Crippen LogP contribution in [0.1, 0.15) is 34.1 Å². The van der Waals surface area contributed by atoms with Crippen LogP contribution in [-0.2, 0) is 4.79 Å². The minimum atomic E-state index is -2.14. The normalized spacial score (nSPS) is 55.7. The van der Waals surface area contributed by atoms with Crippen molar-refractivity contribution in [3.05, 3.63) is 23.3 Å². The number of aliphatic hydroxyl groups excluding tert-OH is 1. The summed E-state index contributed by atoms with van der Waals surface area (Å²) in [5.41, 5.74) is -5.38. The third kappa shape index (κ3) is 1.83. The molecule has 0 aliphatic heterocycles. The molecule has 5 N–H and O–H groups in total. The first-order chi connectivity index (χ1) is 12.2. The molecular formula is C20H27ClO6. The fourth-order valence-electron chi connectivity index (χ4n) is 6.48. The lowest BCUT2D eigenvalue weighted by Crippen LogP contribution is -2.68. The molecule has 0 bridgehead atoms. The summed E-state index contributed by atoms with van der Waals surface area (Å²) in [6.45, 7) is 6.28. The zero-order valence-corrected chi connectivity index (χ0v) is 16.7. The van der Waals surface area contributed by atoms with Crippen LogP contribution in [0.15, 0.2) is 23.3 Å². The Kier molecular flexibility index (Phi) is 3.65. The molecule has 8 atom stereocenters. The molecule has 0 heterocycles. The highest BCUT2D eigenvalue weighted by Crippen LogP contribution is 2.78. The van der Waals surface area contributed by atoms with Crippen LogP contribution >= 0.6 is 11.6 Å². The van der Waals surface area contributed by atoms with Gasteiger partial charge in [0.05, 0.1) is 12.2 Å². The summed E-state index contributed by atoms with van der Waals surface area (Å²) in [6.07, 6.45) is 3.10. The van der Waals surface area contributed by atoms with Crippen LogP contribution in [0.3, 0.4) is 0 Å². The third-order valence-electron chi connectivity index (χ3n) is 8.12. The number of alkyl halides is 1. The maximum atomic E-state index is 12.8. The van der Waals surface area contributed by atoms with Crippen LogP contribution in [0.4, 0.5) is 0 Å². The van der Waals surface area contributed by atoms with E-state index in [0.29, 0.717) is 11.1 Å². The molecule has 2 saturated carbocycles. The van der Waals surface area contributed by atoms with Crippen molar-refractivity contribution in [3.8, 4) is 0 Å². The number of fused-ring (bicyclic) bond motifs is 5. The Labute approximate surface area is 163 Å². The van der Waals surface area contributed by atoms with Gasteiger partial charge in [0.2, 0.25) is 0 Å². The van der Waals surface area contributed by atoms with Gasteiger partial charge in [-0.1, -0.05) is 44.5 Å². The van der Waals surface area contributed by atoms with E-state index in [1.807, 2.05) is 0 Å². The molecule has 0 aromatic carbocycles. The van der Waals surface area contributed by atoms with Crippen molar-refractivity contribution >= 4 is 17.4 Å². The summed E-state index contributed by atoms with van der Waals surface area (Å²) < 4.78 is 0. The van der Waals surface area contributed by atoms with Gasteiger partial charge >= 0.3 is 0 Å². The average molecular weight is 399 g/mol. The summed E-state index contributed by atoms with van der Waals surface area (Å²) >= 11 is 6.47. The first kappa shape index (κ1) is 19.6.